The minimum absolute atomic E-state index is 0.0731. The van der Waals surface area contributed by atoms with Crippen molar-refractivity contribution in [3.8, 4) is 0 Å². The van der Waals surface area contributed by atoms with Crippen LogP contribution in [0, 0.1) is 5.82 Å². The van der Waals surface area contributed by atoms with E-state index in [1.54, 1.807) is 10.9 Å². The van der Waals surface area contributed by atoms with Gasteiger partial charge in [-0.05, 0) is 30.3 Å². The van der Waals surface area contributed by atoms with Gasteiger partial charge in [0.05, 0.1) is 28.9 Å². The number of Topliss-reactive ketones (excluding diaryl/α,β-unsaturated/α-hetero) is 1. The molecule has 3 aromatic rings. The van der Waals surface area contributed by atoms with E-state index in [9.17, 15) is 9.18 Å². The van der Waals surface area contributed by atoms with E-state index in [2.05, 4.69) is 4.98 Å². The summed E-state index contributed by atoms with van der Waals surface area (Å²) < 4.78 is 14.9. The van der Waals surface area contributed by atoms with Crippen LogP contribution in [0.4, 0.5) is 4.39 Å². The van der Waals surface area contributed by atoms with Gasteiger partial charge >= 0.3 is 0 Å². The summed E-state index contributed by atoms with van der Waals surface area (Å²) in [4.78, 5) is 16.4. The average molecular weight is 289 g/mol. The number of nitrogens with zero attached hydrogens (tertiary/aromatic N) is 2. The van der Waals surface area contributed by atoms with Crippen LogP contribution in [0.2, 0.25) is 5.02 Å². The fraction of sp³-hybridized carbons (Fsp3) is 0.0667. The maximum absolute atomic E-state index is 13.2. The van der Waals surface area contributed by atoms with Gasteiger partial charge in [-0.2, -0.15) is 0 Å². The lowest BCUT2D eigenvalue weighted by molar-refractivity contribution is 0.0973. The Labute approximate surface area is 119 Å². The van der Waals surface area contributed by atoms with E-state index >= 15 is 0 Å². The van der Waals surface area contributed by atoms with Gasteiger partial charge in [0.25, 0.3) is 0 Å². The third kappa shape index (κ3) is 2.30. The summed E-state index contributed by atoms with van der Waals surface area (Å²) in [5.74, 6) is -0.731. The van der Waals surface area contributed by atoms with Gasteiger partial charge in [0.2, 0.25) is 0 Å². The molecule has 0 saturated carbocycles. The molecule has 0 bridgehead atoms. The number of halogens is 2. The number of benzene rings is 2. The molecule has 0 aliphatic heterocycles. The van der Waals surface area contributed by atoms with Gasteiger partial charge < -0.3 is 4.57 Å². The Morgan fingerprint density at radius 1 is 1.25 bits per heavy atom. The van der Waals surface area contributed by atoms with Crippen LogP contribution in [0.3, 0.4) is 0 Å². The fourth-order valence-electron chi connectivity index (χ4n) is 2.09. The molecule has 0 aliphatic carbocycles. The zero-order valence-corrected chi connectivity index (χ0v) is 11.1. The number of aromatic nitrogens is 2. The van der Waals surface area contributed by atoms with Crippen molar-refractivity contribution in [2.24, 2.45) is 0 Å². The molecular weight excluding hydrogens is 279 g/mol. The number of carbonyl (C=O) groups is 1. The number of hydrogen-bond acceptors (Lipinski definition) is 2. The molecule has 0 saturated heterocycles. The highest BCUT2D eigenvalue weighted by Crippen LogP contribution is 2.19. The smallest absolute Gasteiger partial charge is 0.184 e. The molecule has 0 unspecified atom stereocenters. The van der Waals surface area contributed by atoms with Crippen molar-refractivity contribution < 1.29 is 9.18 Å². The molecule has 3 nitrogen and oxygen atoms in total. The van der Waals surface area contributed by atoms with E-state index in [0.717, 1.165) is 17.1 Å². The van der Waals surface area contributed by atoms with Crippen LogP contribution < -0.4 is 0 Å². The topological polar surface area (TPSA) is 34.9 Å². The summed E-state index contributed by atoms with van der Waals surface area (Å²) in [7, 11) is 0. The van der Waals surface area contributed by atoms with Gasteiger partial charge in [0, 0.05) is 5.56 Å². The molecular formula is C15H10ClFN2O. The predicted molar refractivity (Wildman–Crippen MR) is 75.5 cm³/mol. The van der Waals surface area contributed by atoms with Gasteiger partial charge in [0.1, 0.15) is 5.82 Å². The fourth-order valence-corrected chi connectivity index (χ4v) is 2.31. The predicted octanol–water partition coefficient (Wildman–Crippen LogP) is 3.71. The number of hydrogen-bond donors (Lipinski definition) is 0. The lowest BCUT2D eigenvalue weighted by Crippen LogP contribution is -2.10. The van der Waals surface area contributed by atoms with Crippen molar-refractivity contribution in [3.05, 3.63) is 65.2 Å². The second-order valence-electron chi connectivity index (χ2n) is 4.41. The molecule has 0 spiro atoms. The molecule has 100 valence electrons. The lowest BCUT2D eigenvalue weighted by Gasteiger charge is -2.06. The monoisotopic (exact) mass is 288 g/mol. The van der Waals surface area contributed by atoms with E-state index < -0.39 is 5.82 Å². The van der Waals surface area contributed by atoms with Crippen molar-refractivity contribution in [2.45, 2.75) is 6.54 Å². The summed E-state index contributed by atoms with van der Waals surface area (Å²) in [6, 6.07) is 11.3. The van der Waals surface area contributed by atoms with E-state index in [1.807, 2.05) is 24.3 Å². The molecule has 0 atom stereocenters. The number of carbonyl (C=O) groups excluding carboxylic acids is 1. The van der Waals surface area contributed by atoms with Crippen molar-refractivity contribution in [1.82, 2.24) is 9.55 Å². The molecule has 1 heterocycles. The zero-order valence-electron chi connectivity index (χ0n) is 10.4. The van der Waals surface area contributed by atoms with Gasteiger partial charge in [-0.3, -0.25) is 4.79 Å². The van der Waals surface area contributed by atoms with Gasteiger partial charge in [-0.15, -0.1) is 0 Å². The number of fused-ring (bicyclic) bond motifs is 1. The maximum atomic E-state index is 13.2. The van der Waals surface area contributed by atoms with Crippen LogP contribution in [0.25, 0.3) is 11.0 Å². The molecule has 0 radical (unpaired) electrons. The summed E-state index contributed by atoms with van der Waals surface area (Å²) in [6.07, 6.45) is 1.59. The third-order valence-electron chi connectivity index (χ3n) is 3.07. The summed E-state index contributed by atoms with van der Waals surface area (Å²) in [5.41, 5.74) is 1.85. The van der Waals surface area contributed by atoms with Crippen molar-refractivity contribution in [2.75, 3.05) is 0 Å². The minimum Gasteiger partial charge on any atom is -0.323 e. The van der Waals surface area contributed by atoms with Crippen LogP contribution in [-0.4, -0.2) is 15.3 Å². The first-order valence-electron chi connectivity index (χ1n) is 6.03. The maximum Gasteiger partial charge on any atom is 0.184 e. The van der Waals surface area contributed by atoms with Gasteiger partial charge in [-0.1, -0.05) is 23.7 Å². The number of ketones is 1. The van der Waals surface area contributed by atoms with E-state index in [0.29, 0.717) is 0 Å². The molecule has 20 heavy (non-hydrogen) atoms. The molecule has 0 aliphatic rings. The highest BCUT2D eigenvalue weighted by Gasteiger charge is 2.13. The number of imidazole rings is 1. The first-order chi connectivity index (χ1) is 9.65. The molecule has 5 heteroatoms. The third-order valence-corrected chi connectivity index (χ3v) is 3.40. The van der Waals surface area contributed by atoms with Crippen molar-refractivity contribution in [3.63, 3.8) is 0 Å². The van der Waals surface area contributed by atoms with Crippen molar-refractivity contribution >= 4 is 28.4 Å². The van der Waals surface area contributed by atoms with Crippen LogP contribution in [0.1, 0.15) is 10.4 Å². The van der Waals surface area contributed by atoms with E-state index in [-0.39, 0.29) is 22.9 Å². The Balaban J connectivity index is 1.94. The van der Waals surface area contributed by atoms with E-state index in [1.165, 1.54) is 12.1 Å². The average Bonchev–Trinajstić information content (AvgIpc) is 2.85. The van der Waals surface area contributed by atoms with Gasteiger partial charge in [0.15, 0.2) is 5.78 Å². The highest BCUT2D eigenvalue weighted by molar-refractivity contribution is 6.33. The quantitative estimate of drug-likeness (QED) is 0.689. The normalized spacial score (nSPS) is 10.9. The summed E-state index contributed by atoms with van der Waals surface area (Å²) >= 11 is 5.94. The number of rotatable bonds is 3. The van der Waals surface area contributed by atoms with Crippen LogP contribution in [0.15, 0.2) is 48.8 Å². The summed E-state index contributed by atoms with van der Waals surface area (Å²) in [5, 5.41) is 0.251. The number of para-hydroxylation sites is 2. The largest absolute Gasteiger partial charge is 0.323 e. The van der Waals surface area contributed by atoms with Crippen molar-refractivity contribution in [1.29, 1.82) is 0 Å². The minimum atomic E-state index is -0.478. The molecule has 3 rings (SSSR count). The molecule has 0 fully saturated rings. The highest BCUT2D eigenvalue weighted by atomic mass is 35.5. The summed E-state index contributed by atoms with van der Waals surface area (Å²) in [6.45, 7) is 0.0731. The van der Waals surface area contributed by atoms with Crippen LogP contribution in [0.5, 0.6) is 0 Å². The molecule has 2 aromatic carbocycles. The Kier molecular flexibility index (Phi) is 3.24. The second kappa shape index (κ2) is 5.06. The molecule has 1 aromatic heterocycles. The first-order valence-corrected chi connectivity index (χ1v) is 6.41. The van der Waals surface area contributed by atoms with Crippen LogP contribution >= 0.6 is 11.6 Å². The van der Waals surface area contributed by atoms with Gasteiger partial charge in [-0.25, -0.2) is 9.37 Å². The SMILES string of the molecule is O=C(Cn1cnc2ccccc21)c1cc(F)ccc1Cl. The Morgan fingerprint density at radius 3 is 2.90 bits per heavy atom. The van der Waals surface area contributed by atoms with Crippen LogP contribution in [-0.2, 0) is 6.54 Å². The second-order valence-corrected chi connectivity index (χ2v) is 4.82. The lowest BCUT2D eigenvalue weighted by atomic mass is 10.1. The van der Waals surface area contributed by atoms with E-state index in [4.69, 9.17) is 11.6 Å². The Bertz CT molecular complexity index is 797. The zero-order chi connectivity index (χ0) is 14.1. The molecule has 0 amide bonds. The Hall–Kier alpha value is -2.20. The Morgan fingerprint density at radius 2 is 2.05 bits per heavy atom. The standard InChI is InChI=1S/C15H10ClFN2O/c16-12-6-5-10(17)7-11(12)15(20)8-19-9-18-13-3-1-2-4-14(13)19/h1-7,9H,8H2. The first kappa shape index (κ1) is 12.8. The molecule has 0 N–H and O–H groups in total.